The summed E-state index contributed by atoms with van der Waals surface area (Å²) in [7, 11) is 0. The fourth-order valence-electron chi connectivity index (χ4n) is 3.29. The van der Waals surface area contributed by atoms with E-state index < -0.39 is 0 Å². The smallest absolute Gasteiger partial charge is 0.225 e. The molecule has 1 aromatic rings. The van der Waals surface area contributed by atoms with E-state index in [0.29, 0.717) is 13.0 Å². The summed E-state index contributed by atoms with van der Waals surface area (Å²) in [5.74, 6) is 0.221. The third kappa shape index (κ3) is 4.08. The normalized spacial score (nSPS) is 24.5. The van der Waals surface area contributed by atoms with Crippen molar-refractivity contribution >= 4 is 5.91 Å². The molecule has 0 saturated carbocycles. The number of hydrogen-bond donors (Lipinski definition) is 0. The van der Waals surface area contributed by atoms with Gasteiger partial charge in [0.25, 0.3) is 0 Å². The molecule has 120 valence electrons. The van der Waals surface area contributed by atoms with E-state index in [1.807, 2.05) is 23.1 Å². The molecule has 0 aliphatic carbocycles. The summed E-state index contributed by atoms with van der Waals surface area (Å²) in [4.78, 5) is 14.7. The Bertz CT molecular complexity index is 464. The lowest BCUT2D eigenvalue weighted by Gasteiger charge is -2.29. The zero-order chi connectivity index (χ0) is 15.2. The summed E-state index contributed by atoms with van der Waals surface area (Å²) >= 11 is 0. The van der Waals surface area contributed by atoms with Crippen LogP contribution in [-0.2, 0) is 20.7 Å². The molecule has 0 N–H and O–H groups in total. The molecule has 2 aliphatic heterocycles. The number of hydrogen-bond acceptors (Lipinski definition) is 3. The van der Waals surface area contributed by atoms with Crippen molar-refractivity contribution in [2.24, 2.45) is 0 Å². The first kappa shape index (κ1) is 15.5. The molecular weight excluding hydrogens is 278 g/mol. The van der Waals surface area contributed by atoms with E-state index in [9.17, 15) is 4.79 Å². The van der Waals surface area contributed by atoms with Gasteiger partial charge >= 0.3 is 0 Å². The van der Waals surface area contributed by atoms with E-state index in [2.05, 4.69) is 12.1 Å². The van der Waals surface area contributed by atoms with Crippen molar-refractivity contribution in [2.45, 2.75) is 44.2 Å². The Balaban J connectivity index is 1.59. The maximum Gasteiger partial charge on any atom is 0.225 e. The molecule has 0 aromatic heterocycles. The van der Waals surface area contributed by atoms with Crippen molar-refractivity contribution in [3.05, 3.63) is 35.9 Å². The molecule has 1 aromatic carbocycles. The number of carbonyl (C=O) groups excluding carboxylic acids is 1. The van der Waals surface area contributed by atoms with Gasteiger partial charge in [0.1, 0.15) is 0 Å². The molecule has 4 heteroatoms. The molecule has 2 saturated heterocycles. The highest BCUT2D eigenvalue weighted by atomic mass is 16.5. The van der Waals surface area contributed by atoms with Crippen molar-refractivity contribution in [1.82, 2.24) is 4.90 Å². The molecule has 2 fully saturated rings. The van der Waals surface area contributed by atoms with E-state index in [-0.39, 0.29) is 18.1 Å². The molecule has 3 rings (SSSR count). The fraction of sp³-hybridized carbons (Fsp3) is 0.611. The number of carbonyl (C=O) groups is 1. The standard InChI is InChI=1S/C18H25NO3/c20-18(13-17-7-4-11-22-17)19(16-9-12-21-14-16)10-8-15-5-2-1-3-6-15/h1-3,5-6,16-17H,4,7-14H2. The molecule has 2 atom stereocenters. The minimum absolute atomic E-state index is 0.119. The molecule has 2 aliphatic rings. The fourth-order valence-corrected chi connectivity index (χ4v) is 3.29. The van der Waals surface area contributed by atoms with Crippen LogP contribution in [0, 0.1) is 0 Å². The molecular formula is C18H25NO3. The third-order valence-electron chi connectivity index (χ3n) is 4.58. The lowest BCUT2D eigenvalue weighted by molar-refractivity contribution is -0.135. The number of rotatable bonds is 6. The predicted octanol–water partition coefficient (Wildman–Crippen LogP) is 2.42. The minimum atomic E-state index is 0.119. The monoisotopic (exact) mass is 303 g/mol. The zero-order valence-corrected chi connectivity index (χ0v) is 13.1. The first-order valence-electron chi connectivity index (χ1n) is 8.35. The highest BCUT2D eigenvalue weighted by molar-refractivity contribution is 5.77. The summed E-state index contributed by atoms with van der Waals surface area (Å²) < 4.78 is 11.1. The van der Waals surface area contributed by atoms with E-state index in [4.69, 9.17) is 9.47 Å². The number of ether oxygens (including phenoxy) is 2. The SMILES string of the molecule is O=C(CC1CCCO1)N(CCc1ccccc1)C1CCOC1. The molecule has 22 heavy (non-hydrogen) atoms. The third-order valence-corrected chi connectivity index (χ3v) is 4.58. The van der Waals surface area contributed by atoms with Crippen molar-refractivity contribution in [2.75, 3.05) is 26.4 Å². The quantitative estimate of drug-likeness (QED) is 0.810. The van der Waals surface area contributed by atoms with Crippen molar-refractivity contribution in [1.29, 1.82) is 0 Å². The molecule has 0 spiro atoms. The van der Waals surface area contributed by atoms with Gasteiger partial charge in [-0.25, -0.2) is 0 Å². The number of benzene rings is 1. The Morgan fingerprint density at radius 1 is 1.18 bits per heavy atom. The summed E-state index contributed by atoms with van der Waals surface area (Å²) in [6, 6.07) is 10.6. The maximum absolute atomic E-state index is 12.7. The van der Waals surface area contributed by atoms with Gasteiger partial charge in [0.15, 0.2) is 0 Å². The first-order valence-corrected chi connectivity index (χ1v) is 8.35. The second kappa shape index (κ2) is 7.75. The van der Waals surface area contributed by atoms with E-state index in [0.717, 1.165) is 45.4 Å². The van der Waals surface area contributed by atoms with Crippen LogP contribution in [0.25, 0.3) is 0 Å². The largest absolute Gasteiger partial charge is 0.379 e. The predicted molar refractivity (Wildman–Crippen MR) is 84.7 cm³/mol. The average molecular weight is 303 g/mol. The summed E-state index contributed by atoms with van der Waals surface area (Å²) in [6.07, 6.45) is 4.58. The van der Waals surface area contributed by atoms with Crippen LogP contribution < -0.4 is 0 Å². The van der Waals surface area contributed by atoms with E-state index in [1.165, 1.54) is 5.56 Å². The zero-order valence-electron chi connectivity index (χ0n) is 13.1. The van der Waals surface area contributed by atoms with Crippen LogP contribution in [-0.4, -0.2) is 49.3 Å². The van der Waals surface area contributed by atoms with Gasteiger partial charge in [-0.1, -0.05) is 30.3 Å². The Kier molecular flexibility index (Phi) is 5.46. The van der Waals surface area contributed by atoms with Crippen LogP contribution in [0.15, 0.2) is 30.3 Å². The topological polar surface area (TPSA) is 38.8 Å². The van der Waals surface area contributed by atoms with Crippen LogP contribution in [0.1, 0.15) is 31.2 Å². The van der Waals surface area contributed by atoms with Crippen molar-refractivity contribution in [3.8, 4) is 0 Å². The highest BCUT2D eigenvalue weighted by Gasteiger charge is 2.29. The highest BCUT2D eigenvalue weighted by Crippen LogP contribution is 2.20. The summed E-state index contributed by atoms with van der Waals surface area (Å²) in [6.45, 7) is 3.00. The molecule has 0 bridgehead atoms. The van der Waals surface area contributed by atoms with Gasteiger partial charge in [-0.05, 0) is 31.2 Å². The minimum Gasteiger partial charge on any atom is -0.379 e. The molecule has 2 unspecified atom stereocenters. The lowest BCUT2D eigenvalue weighted by Crippen LogP contribution is -2.43. The van der Waals surface area contributed by atoms with Gasteiger partial charge in [-0.3, -0.25) is 4.79 Å². The summed E-state index contributed by atoms with van der Waals surface area (Å²) in [5.41, 5.74) is 1.27. The Hall–Kier alpha value is -1.39. The molecule has 0 radical (unpaired) electrons. The first-order chi connectivity index (χ1) is 10.8. The van der Waals surface area contributed by atoms with Crippen LogP contribution in [0.5, 0.6) is 0 Å². The van der Waals surface area contributed by atoms with Gasteiger partial charge in [0.05, 0.1) is 25.2 Å². The molecule has 1 amide bonds. The second-order valence-electron chi connectivity index (χ2n) is 6.18. The lowest BCUT2D eigenvalue weighted by atomic mass is 10.1. The number of nitrogens with zero attached hydrogens (tertiary/aromatic N) is 1. The van der Waals surface area contributed by atoms with Crippen LogP contribution in [0.3, 0.4) is 0 Å². The van der Waals surface area contributed by atoms with Crippen LogP contribution in [0.2, 0.25) is 0 Å². The van der Waals surface area contributed by atoms with Gasteiger partial charge in [-0.15, -0.1) is 0 Å². The summed E-state index contributed by atoms with van der Waals surface area (Å²) in [5, 5.41) is 0. The molecule has 4 nitrogen and oxygen atoms in total. The Morgan fingerprint density at radius 2 is 2.05 bits per heavy atom. The van der Waals surface area contributed by atoms with E-state index in [1.54, 1.807) is 0 Å². The Morgan fingerprint density at radius 3 is 2.73 bits per heavy atom. The van der Waals surface area contributed by atoms with Crippen molar-refractivity contribution in [3.63, 3.8) is 0 Å². The van der Waals surface area contributed by atoms with Gasteiger partial charge in [0.2, 0.25) is 5.91 Å². The maximum atomic E-state index is 12.7. The van der Waals surface area contributed by atoms with Gasteiger partial charge in [-0.2, -0.15) is 0 Å². The second-order valence-corrected chi connectivity index (χ2v) is 6.18. The van der Waals surface area contributed by atoms with E-state index >= 15 is 0 Å². The molecule has 2 heterocycles. The van der Waals surface area contributed by atoms with Gasteiger partial charge < -0.3 is 14.4 Å². The van der Waals surface area contributed by atoms with Gasteiger partial charge in [0, 0.05) is 19.8 Å². The van der Waals surface area contributed by atoms with Crippen molar-refractivity contribution < 1.29 is 14.3 Å². The average Bonchev–Trinajstić information content (AvgIpc) is 3.22. The van der Waals surface area contributed by atoms with Crippen LogP contribution in [0.4, 0.5) is 0 Å². The Labute approximate surface area is 132 Å². The number of amides is 1. The van der Waals surface area contributed by atoms with Crippen LogP contribution >= 0.6 is 0 Å².